The Morgan fingerprint density at radius 3 is 2.62 bits per heavy atom. The molecule has 11 heteroatoms. The van der Waals surface area contributed by atoms with Crippen LogP contribution in [0.4, 0.5) is 23.7 Å². The summed E-state index contributed by atoms with van der Waals surface area (Å²) in [6.45, 7) is 2.17. The highest BCUT2D eigenvalue weighted by Gasteiger charge is 2.63. The van der Waals surface area contributed by atoms with Gasteiger partial charge < -0.3 is 10.1 Å². The molecule has 4 rings (SSSR count). The van der Waals surface area contributed by atoms with Gasteiger partial charge in [-0.2, -0.15) is 13.2 Å². The van der Waals surface area contributed by atoms with E-state index < -0.39 is 34.1 Å². The van der Waals surface area contributed by atoms with Crippen molar-refractivity contribution in [3.63, 3.8) is 0 Å². The quantitative estimate of drug-likeness (QED) is 0.773. The molecule has 0 spiro atoms. The van der Waals surface area contributed by atoms with Crippen LogP contribution in [0.15, 0.2) is 24.3 Å². The number of halogens is 3. The molecule has 0 bridgehead atoms. The Morgan fingerprint density at radius 1 is 1.31 bits per heavy atom. The Morgan fingerprint density at radius 2 is 2.00 bits per heavy atom. The monoisotopic (exact) mass is 431 g/mol. The van der Waals surface area contributed by atoms with Crippen molar-refractivity contribution in [2.75, 3.05) is 31.1 Å². The number of hydrogen-bond donors (Lipinski definition) is 1. The van der Waals surface area contributed by atoms with Crippen LogP contribution in [0.2, 0.25) is 0 Å². The smallest absolute Gasteiger partial charge is 0.442 e. The van der Waals surface area contributed by atoms with Gasteiger partial charge in [0, 0.05) is 31.1 Å². The summed E-state index contributed by atoms with van der Waals surface area (Å²) in [5.74, 6) is -0.155. The highest BCUT2D eigenvalue weighted by atomic mass is 32.2. The molecule has 158 valence electrons. The molecule has 3 aliphatic rings. The number of carbonyl (C=O) groups is 2. The van der Waals surface area contributed by atoms with Crippen molar-refractivity contribution in [2.24, 2.45) is 5.92 Å². The number of rotatable bonds is 5. The molecule has 1 aliphatic carbocycles. The van der Waals surface area contributed by atoms with E-state index in [2.05, 4.69) is 5.32 Å². The van der Waals surface area contributed by atoms with Crippen molar-refractivity contribution >= 4 is 28.7 Å². The van der Waals surface area contributed by atoms with Crippen LogP contribution >= 0.6 is 0 Å². The molecular weight excluding hydrogens is 411 g/mol. The third-order valence-electron chi connectivity index (χ3n) is 5.75. The lowest BCUT2D eigenvalue weighted by molar-refractivity contribution is -0.119. The van der Waals surface area contributed by atoms with Gasteiger partial charge >= 0.3 is 11.6 Å². The Bertz CT molecular complexity index is 863. The number of anilines is 1. The number of nitrogens with one attached hydrogen (secondary N) is 1. The van der Waals surface area contributed by atoms with Crippen molar-refractivity contribution in [1.82, 2.24) is 9.62 Å². The number of amides is 2. The number of carbonyl (C=O) groups excluding carboxylic acids is 2. The number of nitrogens with zero attached hydrogens (tertiary/aromatic N) is 2. The van der Waals surface area contributed by atoms with Crippen LogP contribution in [-0.2, 0) is 25.9 Å². The maximum absolute atomic E-state index is 12.7. The predicted octanol–water partition coefficient (Wildman–Crippen LogP) is 1.90. The summed E-state index contributed by atoms with van der Waals surface area (Å²) in [5, 5.41) is 2.61. The van der Waals surface area contributed by atoms with Crippen LogP contribution in [0, 0.1) is 5.92 Å². The van der Waals surface area contributed by atoms with Gasteiger partial charge in [-0.15, -0.1) is 0 Å². The zero-order valence-electron chi connectivity index (χ0n) is 15.6. The molecule has 1 saturated carbocycles. The molecule has 1 aromatic rings. The number of cyclic esters (lactones) is 1. The van der Waals surface area contributed by atoms with Crippen LogP contribution in [0.1, 0.15) is 18.9 Å². The second-order valence-electron chi connectivity index (χ2n) is 7.67. The van der Waals surface area contributed by atoms with Gasteiger partial charge in [0.05, 0.1) is 13.1 Å². The van der Waals surface area contributed by atoms with E-state index in [1.54, 1.807) is 12.1 Å². The molecule has 2 amide bonds. The zero-order chi connectivity index (χ0) is 21.0. The Hall–Kier alpha value is -2.14. The fourth-order valence-electron chi connectivity index (χ4n) is 4.23. The third-order valence-corrected chi connectivity index (χ3v) is 6.90. The lowest BCUT2D eigenvalue weighted by Gasteiger charge is -2.21. The number of benzene rings is 1. The summed E-state index contributed by atoms with van der Waals surface area (Å²) in [7, 11) is -2.99. The lowest BCUT2D eigenvalue weighted by atomic mass is 9.95. The summed E-state index contributed by atoms with van der Waals surface area (Å²) in [4.78, 5) is 24.6. The molecular formula is C18H20F3N3O4S. The summed E-state index contributed by atoms with van der Waals surface area (Å²) >= 11 is 0. The number of hydrogen-bond acceptors (Lipinski definition) is 4. The van der Waals surface area contributed by atoms with Gasteiger partial charge in [-0.05, 0) is 30.0 Å². The van der Waals surface area contributed by atoms with Gasteiger partial charge in [0.15, 0.2) is 0 Å². The summed E-state index contributed by atoms with van der Waals surface area (Å²) in [6.07, 6.45) is -0.191. The standard InChI is InChI=1S/C18H20F3N3O4S/c1-11(25)22-7-15-9-24(16(26)28-15)14-4-2-12(3-5-14)17-6-13(17)8-23(10-17)29(27)18(19,20)21/h2-5,13,15H,6-10H2,1H3,(H,22,25). The highest BCUT2D eigenvalue weighted by Crippen LogP contribution is 2.59. The normalized spacial score (nSPS) is 30.1. The second kappa shape index (κ2) is 6.98. The lowest BCUT2D eigenvalue weighted by Crippen LogP contribution is -2.36. The third kappa shape index (κ3) is 3.73. The summed E-state index contributed by atoms with van der Waals surface area (Å²) in [6, 6.07) is 7.10. The van der Waals surface area contributed by atoms with Gasteiger partial charge in [0.2, 0.25) is 16.9 Å². The van der Waals surface area contributed by atoms with Gasteiger partial charge in [-0.3, -0.25) is 9.69 Å². The maximum atomic E-state index is 12.7. The van der Waals surface area contributed by atoms with E-state index in [4.69, 9.17) is 4.74 Å². The molecule has 0 aromatic heterocycles. The predicted molar refractivity (Wildman–Crippen MR) is 98.3 cm³/mol. The minimum absolute atomic E-state index is 0.0541. The Balaban J connectivity index is 1.42. The van der Waals surface area contributed by atoms with E-state index in [-0.39, 0.29) is 31.5 Å². The molecule has 2 saturated heterocycles. The molecule has 2 heterocycles. The van der Waals surface area contributed by atoms with Crippen molar-refractivity contribution < 1.29 is 31.7 Å². The highest BCUT2D eigenvalue weighted by molar-refractivity contribution is 7.83. The largest absolute Gasteiger partial charge is 0.485 e. The van der Waals surface area contributed by atoms with Crippen LogP contribution in [-0.4, -0.2) is 58.3 Å². The fourth-order valence-corrected chi connectivity index (χ4v) is 5.18. The first-order valence-corrected chi connectivity index (χ1v) is 10.3. The second-order valence-corrected chi connectivity index (χ2v) is 9.15. The van der Waals surface area contributed by atoms with Gasteiger partial charge in [0.25, 0.3) is 0 Å². The molecule has 1 N–H and O–H groups in total. The van der Waals surface area contributed by atoms with Crippen LogP contribution in [0.25, 0.3) is 0 Å². The zero-order valence-corrected chi connectivity index (χ0v) is 16.4. The van der Waals surface area contributed by atoms with E-state index in [1.165, 1.54) is 11.8 Å². The minimum atomic E-state index is -4.74. The number of piperidine rings is 1. The summed E-state index contributed by atoms with van der Waals surface area (Å²) in [5.41, 5.74) is -3.65. The fraction of sp³-hybridized carbons (Fsp3) is 0.556. The van der Waals surface area contributed by atoms with Crippen LogP contribution < -0.4 is 10.2 Å². The molecule has 3 fully saturated rings. The SMILES string of the molecule is CC(=O)NCC1CN(c2ccc(C34CC3CN(S(=O)C(F)(F)F)C4)cc2)C(=O)O1. The average Bonchev–Trinajstić information content (AvgIpc) is 3.03. The van der Waals surface area contributed by atoms with Gasteiger partial charge in [0.1, 0.15) is 6.10 Å². The molecule has 4 unspecified atom stereocenters. The molecule has 2 aliphatic heterocycles. The molecule has 29 heavy (non-hydrogen) atoms. The number of alkyl halides is 3. The molecule has 1 aromatic carbocycles. The van der Waals surface area contributed by atoms with Crippen molar-refractivity contribution in [2.45, 2.75) is 30.4 Å². The van der Waals surface area contributed by atoms with E-state index in [1.807, 2.05) is 12.1 Å². The number of fused-ring (bicyclic) bond motifs is 1. The van der Waals surface area contributed by atoms with E-state index in [0.29, 0.717) is 12.2 Å². The van der Waals surface area contributed by atoms with Crippen molar-refractivity contribution in [3.8, 4) is 0 Å². The van der Waals surface area contributed by atoms with E-state index in [0.717, 1.165) is 16.3 Å². The van der Waals surface area contributed by atoms with Crippen molar-refractivity contribution in [1.29, 1.82) is 0 Å². The van der Waals surface area contributed by atoms with Gasteiger partial charge in [-0.1, -0.05) is 12.1 Å². The molecule has 4 atom stereocenters. The van der Waals surface area contributed by atoms with E-state index in [9.17, 15) is 27.0 Å². The minimum Gasteiger partial charge on any atom is -0.442 e. The first-order chi connectivity index (χ1) is 13.6. The topological polar surface area (TPSA) is 79.0 Å². The van der Waals surface area contributed by atoms with Crippen molar-refractivity contribution in [3.05, 3.63) is 29.8 Å². The molecule has 0 radical (unpaired) electrons. The van der Waals surface area contributed by atoms with Crippen LogP contribution in [0.3, 0.4) is 0 Å². The average molecular weight is 431 g/mol. The first kappa shape index (κ1) is 20.1. The van der Waals surface area contributed by atoms with Crippen LogP contribution in [0.5, 0.6) is 0 Å². The van der Waals surface area contributed by atoms with E-state index >= 15 is 0 Å². The Labute approximate surface area is 167 Å². The number of ether oxygens (including phenoxy) is 1. The Kier molecular flexibility index (Phi) is 4.85. The van der Waals surface area contributed by atoms with Gasteiger partial charge in [-0.25, -0.2) is 13.3 Å². The maximum Gasteiger partial charge on any atom is 0.485 e. The summed E-state index contributed by atoms with van der Waals surface area (Å²) < 4.78 is 56.1. The molecule has 7 nitrogen and oxygen atoms in total. The first-order valence-electron chi connectivity index (χ1n) is 9.17.